The predicted molar refractivity (Wildman–Crippen MR) is 90.6 cm³/mol. The van der Waals surface area contributed by atoms with Crippen molar-refractivity contribution in [3.63, 3.8) is 0 Å². The Bertz CT molecular complexity index is 903. The number of nitrogens with zero attached hydrogens (tertiary/aromatic N) is 3. The summed E-state index contributed by atoms with van der Waals surface area (Å²) < 4.78 is 63.8. The maximum absolute atomic E-state index is 15.4. The Morgan fingerprint density at radius 2 is 1.90 bits per heavy atom. The second-order valence-corrected chi connectivity index (χ2v) is 6.83. The number of aliphatic hydroxyl groups is 1. The monoisotopic (exact) mass is 417 g/mol. The summed E-state index contributed by atoms with van der Waals surface area (Å²) in [5.74, 6) is -10.5. The predicted octanol–water partition coefficient (Wildman–Crippen LogP) is 2.24. The van der Waals surface area contributed by atoms with Gasteiger partial charge in [0, 0.05) is 11.6 Å². The molecule has 158 valence electrons. The molecule has 1 N–H and O–H groups in total. The van der Waals surface area contributed by atoms with Gasteiger partial charge >= 0.3 is 11.9 Å². The largest absolute Gasteiger partial charge is 0.465 e. The van der Waals surface area contributed by atoms with Crippen molar-refractivity contribution in [1.29, 1.82) is 0 Å². The van der Waals surface area contributed by atoms with Crippen LogP contribution in [0.3, 0.4) is 0 Å². The topological polar surface area (TPSA) is 94.3 Å². The Hall–Kier alpha value is -2.82. The molecular weight excluding hydrogens is 398 g/mol. The quantitative estimate of drug-likeness (QED) is 0.402. The molecule has 1 aromatic heterocycles. The van der Waals surface area contributed by atoms with Crippen LogP contribution in [0.1, 0.15) is 26.3 Å². The summed E-state index contributed by atoms with van der Waals surface area (Å²) in [6, 6.07) is 1.54. The number of carbonyl (C=O) groups excluding carboxylic acids is 2. The molecule has 0 aliphatic carbocycles. The normalized spacial score (nSPS) is 14.3. The zero-order valence-electron chi connectivity index (χ0n) is 15.8. The molecule has 0 aliphatic rings. The fraction of sp³-hybridized carbons (Fsp3) is 0.444. The van der Waals surface area contributed by atoms with Crippen LogP contribution in [0.4, 0.5) is 17.6 Å². The van der Waals surface area contributed by atoms with Crippen LogP contribution in [0, 0.1) is 17.0 Å². The number of Topliss-reactive ketones (excluding diaryl/α,β-unsaturated/α-hetero) is 1. The molecule has 1 unspecified atom stereocenters. The molecule has 7 nitrogen and oxygen atoms in total. The Balaban J connectivity index is 2.63. The zero-order valence-corrected chi connectivity index (χ0v) is 15.8. The molecule has 0 bridgehead atoms. The summed E-state index contributed by atoms with van der Waals surface area (Å²) in [5, 5.41) is 14.5. The maximum atomic E-state index is 15.4. The van der Waals surface area contributed by atoms with E-state index in [1.54, 1.807) is 0 Å². The molecule has 11 heteroatoms. The van der Waals surface area contributed by atoms with Crippen molar-refractivity contribution >= 4 is 11.8 Å². The third-order valence-electron chi connectivity index (χ3n) is 4.39. The van der Waals surface area contributed by atoms with Gasteiger partial charge in [-0.15, -0.1) is 0 Å². The maximum Gasteiger partial charge on any atom is 0.340 e. The van der Waals surface area contributed by atoms with E-state index in [1.165, 1.54) is 6.92 Å². The summed E-state index contributed by atoms with van der Waals surface area (Å²) in [4.78, 5) is 28.3. The number of esters is 1. The number of ketones is 1. The lowest BCUT2D eigenvalue weighted by atomic mass is 9.76. The van der Waals surface area contributed by atoms with Gasteiger partial charge in [-0.3, -0.25) is 9.59 Å². The lowest BCUT2D eigenvalue weighted by molar-refractivity contribution is -0.210. The molecule has 2 aromatic rings. The first kappa shape index (κ1) is 22.5. The van der Waals surface area contributed by atoms with Crippen molar-refractivity contribution in [1.82, 2.24) is 14.8 Å². The van der Waals surface area contributed by atoms with Gasteiger partial charge in [0.15, 0.2) is 5.60 Å². The minimum absolute atomic E-state index is 0.170. The molecule has 0 saturated heterocycles. The van der Waals surface area contributed by atoms with E-state index in [4.69, 9.17) is 0 Å². The van der Waals surface area contributed by atoms with Crippen LogP contribution in [0.2, 0.25) is 0 Å². The van der Waals surface area contributed by atoms with Crippen LogP contribution in [-0.4, -0.2) is 44.2 Å². The van der Waals surface area contributed by atoms with Crippen molar-refractivity contribution in [3.05, 3.63) is 48.1 Å². The highest BCUT2D eigenvalue weighted by atomic mass is 19.3. The smallest absolute Gasteiger partial charge is 0.340 e. The number of carbonyl (C=O) groups is 2. The third kappa shape index (κ3) is 4.00. The number of hydrogen-bond acceptors (Lipinski definition) is 6. The lowest BCUT2D eigenvalue weighted by Crippen LogP contribution is -2.58. The van der Waals surface area contributed by atoms with E-state index in [0.717, 1.165) is 31.2 Å². The molecule has 1 aromatic carbocycles. The van der Waals surface area contributed by atoms with Gasteiger partial charge in [0.2, 0.25) is 5.78 Å². The van der Waals surface area contributed by atoms with E-state index < -0.39 is 52.4 Å². The number of aromatic nitrogens is 3. The third-order valence-corrected chi connectivity index (χ3v) is 4.39. The number of halogens is 4. The summed E-state index contributed by atoms with van der Waals surface area (Å²) in [5.41, 5.74) is -6.93. The molecular formula is C18H19F4N3O4. The molecule has 0 saturated carbocycles. The fourth-order valence-corrected chi connectivity index (χ4v) is 2.71. The zero-order chi connectivity index (χ0) is 22.0. The second kappa shape index (κ2) is 7.90. The molecule has 29 heavy (non-hydrogen) atoms. The van der Waals surface area contributed by atoms with Gasteiger partial charge in [-0.25, -0.2) is 18.4 Å². The van der Waals surface area contributed by atoms with Crippen molar-refractivity contribution in [3.8, 4) is 0 Å². The first-order valence-corrected chi connectivity index (χ1v) is 8.48. The number of alkyl halides is 2. The average molecular weight is 417 g/mol. The SMILES string of the molecule is CCOC(=O)C(C)(C)C(=O)C(F)(F)C(O)(Cn1cncn1)c1ccc(F)cc1F. The molecule has 2 rings (SSSR count). The van der Waals surface area contributed by atoms with Gasteiger partial charge < -0.3 is 9.84 Å². The van der Waals surface area contributed by atoms with Gasteiger partial charge in [0.05, 0.1) is 13.2 Å². The molecule has 0 aliphatic heterocycles. The Labute approximate surface area is 163 Å². The van der Waals surface area contributed by atoms with Gasteiger partial charge in [0.1, 0.15) is 29.7 Å². The number of benzene rings is 1. The number of ether oxygens (including phenoxy) is 1. The second-order valence-electron chi connectivity index (χ2n) is 6.83. The van der Waals surface area contributed by atoms with Crippen LogP contribution < -0.4 is 0 Å². The molecule has 0 fully saturated rings. The molecule has 0 radical (unpaired) electrons. The Morgan fingerprint density at radius 1 is 1.24 bits per heavy atom. The van der Waals surface area contributed by atoms with Gasteiger partial charge in [0.25, 0.3) is 0 Å². The van der Waals surface area contributed by atoms with Gasteiger partial charge in [-0.2, -0.15) is 13.9 Å². The highest BCUT2D eigenvalue weighted by Crippen LogP contribution is 2.44. The molecule has 0 spiro atoms. The standard InChI is InChI=1S/C18H19F4N3O4/c1-4-29-15(27)16(2,3)14(26)18(21,22)17(28,8-25-10-23-9-24-25)12-6-5-11(19)7-13(12)20/h5-7,9-10,28H,4,8H2,1-3H3. The first-order chi connectivity index (χ1) is 13.4. The van der Waals surface area contributed by atoms with Crippen molar-refractivity contribution in [2.75, 3.05) is 6.61 Å². The van der Waals surface area contributed by atoms with E-state index in [9.17, 15) is 23.5 Å². The minimum Gasteiger partial charge on any atom is -0.465 e. The fourth-order valence-electron chi connectivity index (χ4n) is 2.71. The first-order valence-electron chi connectivity index (χ1n) is 8.48. The van der Waals surface area contributed by atoms with Crippen LogP contribution in [-0.2, 0) is 26.5 Å². The van der Waals surface area contributed by atoms with E-state index in [2.05, 4.69) is 14.8 Å². The van der Waals surface area contributed by atoms with Crippen LogP contribution >= 0.6 is 0 Å². The summed E-state index contributed by atoms with van der Waals surface area (Å²) in [6.45, 7) is 1.95. The average Bonchev–Trinajstić information content (AvgIpc) is 3.13. The summed E-state index contributed by atoms with van der Waals surface area (Å²) >= 11 is 0. The summed E-state index contributed by atoms with van der Waals surface area (Å²) in [7, 11) is 0. The Kier molecular flexibility index (Phi) is 6.12. The van der Waals surface area contributed by atoms with E-state index in [0.29, 0.717) is 18.2 Å². The van der Waals surface area contributed by atoms with Crippen molar-refractivity contribution < 1.29 is 37.0 Å². The highest BCUT2D eigenvalue weighted by Gasteiger charge is 2.65. The molecule has 1 heterocycles. The molecule has 0 amide bonds. The number of hydrogen-bond donors (Lipinski definition) is 1. The number of rotatable bonds is 8. The summed E-state index contributed by atoms with van der Waals surface area (Å²) in [6.07, 6.45) is 1.94. The van der Waals surface area contributed by atoms with Gasteiger partial charge in [-0.1, -0.05) is 0 Å². The van der Waals surface area contributed by atoms with Crippen LogP contribution in [0.15, 0.2) is 30.9 Å². The van der Waals surface area contributed by atoms with E-state index in [-0.39, 0.29) is 6.61 Å². The lowest BCUT2D eigenvalue weighted by Gasteiger charge is -2.38. The van der Waals surface area contributed by atoms with Gasteiger partial charge in [-0.05, 0) is 32.9 Å². The van der Waals surface area contributed by atoms with E-state index in [1.807, 2.05) is 0 Å². The minimum atomic E-state index is -4.70. The van der Waals surface area contributed by atoms with E-state index >= 15 is 8.78 Å². The van der Waals surface area contributed by atoms with Crippen LogP contribution in [0.25, 0.3) is 0 Å². The van der Waals surface area contributed by atoms with Crippen molar-refractivity contribution in [2.24, 2.45) is 5.41 Å². The highest BCUT2D eigenvalue weighted by molar-refractivity contribution is 6.06. The Morgan fingerprint density at radius 3 is 2.41 bits per heavy atom. The van der Waals surface area contributed by atoms with Crippen LogP contribution in [0.5, 0.6) is 0 Å². The molecule has 1 atom stereocenters. The van der Waals surface area contributed by atoms with Crippen molar-refractivity contribution in [2.45, 2.75) is 38.8 Å².